The number of carbonyl (C=O) groups excluding carboxylic acids is 1. The second kappa shape index (κ2) is 6.86. The second-order valence-electron chi connectivity index (χ2n) is 4.45. The minimum absolute atomic E-state index is 0.0707. The quantitative estimate of drug-likeness (QED) is 0.630. The number of morpholine rings is 1. The molecule has 0 aliphatic carbocycles. The van der Waals surface area contributed by atoms with Gasteiger partial charge in [-0.15, -0.1) is 0 Å². The first-order chi connectivity index (χ1) is 9.25. The maximum atomic E-state index is 11.9. The number of nitrogens with zero attached hydrogens (tertiary/aromatic N) is 2. The summed E-state index contributed by atoms with van der Waals surface area (Å²) in [6.07, 6.45) is 0. The minimum atomic E-state index is -3.40. The Morgan fingerprint density at radius 3 is 2.65 bits per heavy atom. The lowest BCUT2D eigenvalue weighted by molar-refractivity contribution is -0.147. The number of nitrogens with one attached hydrogen (secondary N) is 1. The molecule has 20 heavy (non-hydrogen) atoms. The highest BCUT2D eigenvalue weighted by Crippen LogP contribution is 2.07. The van der Waals surface area contributed by atoms with Crippen LogP contribution in [0.4, 0.5) is 4.79 Å². The van der Waals surface area contributed by atoms with E-state index in [0.717, 1.165) is 9.21 Å². The van der Waals surface area contributed by atoms with Gasteiger partial charge in [0, 0.05) is 27.2 Å². The predicted octanol–water partition coefficient (Wildman–Crippen LogP) is -1.63. The molecule has 1 atom stereocenters. The third kappa shape index (κ3) is 4.32. The Bertz CT molecular complexity index is 464. The zero-order valence-corrected chi connectivity index (χ0v) is 12.2. The van der Waals surface area contributed by atoms with Gasteiger partial charge in [-0.3, -0.25) is 0 Å². The number of hydrogen-bond donors (Lipinski definition) is 2. The fourth-order valence-electron chi connectivity index (χ4n) is 1.62. The van der Waals surface area contributed by atoms with Gasteiger partial charge >= 0.3 is 12.0 Å². The van der Waals surface area contributed by atoms with E-state index in [-0.39, 0.29) is 32.1 Å². The number of ether oxygens (including phenoxy) is 1. The van der Waals surface area contributed by atoms with E-state index in [4.69, 9.17) is 9.84 Å². The molecule has 0 aromatic heterocycles. The van der Waals surface area contributed by atoms with Gasteiger partial charge < -0.3 is 20.1 Å². The van der Waals surface area contributed by atoms with Crippen molar-refractivity contribution >= 4 is 22.0 Å². The summed E-state index contributed by atoms with van der Waals surface area (Å²) in [7, 11) is -0.591. The number of carboxylic acids is 1. The van der Waals surface area contributed by atoms with E-state index in [1.807, 2.05) is 0 Å². The number of aliphatic carboxylic acids is 1. The molecule has 1 rings (SSSR count). The summed E-state index contributed by atoms with van der Waals surface area (Å²) in [5.41, 5.74) is 0. The van der Waals surface area contributed by atoms with Crippen molar-refractivity contribution in [2.24, 2.45) is 0 Å². The highest BCUT2D eigenvalue weighted by Gasteiger charge is 2.32. The molecule has 116 valence electrons. The summed E-state index contributed by atoms with van der Waals surface area (Å²) in [6, 6.07) is -1.65. The van der Waals surface area contributed by atoms with Crippen molar-refractivity contribution in [2.75, 3.05) is 46.2 Å². The van der Waals surface area contributed by atoms with Crippen molar-refractivity contribution in [1.82, 2.24) is 14.5 Å². The highest BCUT2D eigenvalue weighted by molar-refractivity contribution is 7.89. The van der Waals surface area contributed by atoms with Crippen LogP contribution >= 0.6 is 0 Å². The van der Waals surface area contributed by atoms with E-state index in [9.17, 15) is 18.0 Å². The van der Waals surface area contributed by atoms with Crippen LogP contribution in [-0.4, -0.2) is 86.9 Å². The molecular weight excluding hydrogens is 290 g/mol. The molecule has 1 fully saturated rings. The molecule has 9 nitrogen and oxygen atoms in total. The van der Waals surface area contributed by atoms with Gasteiger partial charge in [-0.25, -0.2) is 22.3 Å². The van der Waals surface area contributed by atoms with E-state index in [0.29, 0.717) is 0 Å². The van der Waals surface area contributed by atoms with Crippen molar-refractivity contribution in [1.29, 1.82) is 0 Å². The van der Waals surface area contributed by atoms with Crippen molar-refractivity contribution < 1.29 is 27.9 Å². The second-order valence-corrected chi connectivity index (χ2v) is 6.76. The van der Waals surface area contributed by atoms with Gasteiger partial charge in [-0.2, -0.15) is 0 Å². The average molecular weight is 309 g/mol. The first kappa shape index (κ1) is 16.7. The Morgan fingerprint density at radius 1 is 1.45 bits per heavy atom. The number of amides is 2. The molecule has 1 heterocycles. The predicted molar refractivity (Wildman–Crippen MR) is 69.8 cm³/mol. The Kier molecular flexibility index (Phi) is 5.72. The molecule has 1 aliphatic heterocycles. The third-order valence-electron chi connectivity index (χ3n) is 2.87. The number of carboxylic acid groups (broad SMARTS) is 1. The number of sulfonamides is 1. The molecule has 1 saturated heterocycles. The first-order valence-electron chi connectivity index (χ1n) is 6.01. The summed E-state index contributed by atoms with van der Waals surface area (Å²) in [6.45, 7) is 0.262. The van der Waals surface area contributed by atoms with Crippen LogP contribution in [0.25, 0.3) is 0 Å². The number of rotatable bonds is 5. The Balaban J connectivity index is 2.51. The van der Waals surface area contributed by atoms with Gasteiger partial charge in [0.25, 0.3) is 0 Å². The van der Waals surface area contributed by atoms with E-state index in [1.54, 1.807) is 0 Å². The van der Waals surface area contributed by atoms with Gasteiger partial charge in [0.1, 0.15) is 0 Å². The lowest BCUT2D eigenvalue weighted by Gasteiger charge is -2.32. The first-order valence-corrected chi connectivity index (χ1v) is 7.62. The molecule has 0 aromatic carbocycles. The molecule has 1 aliphatic rings. The third-order valence-corrected chi connectivity index (χ3v) is 4.70. The standard InChI is InChI=1S/C10H19N3O6S/c1-12(2)20(17,18)6-3-11-10(16)13-4-5-19-7-8(13)9(14)15/h8H,3-7H2,1-2H3,(H,11,16)(H,14,15). The van der Waals surface area contributed by atoms with Crippen LogP contribution in [0.2, 0.25) is 0 Å². The van der Waals surface area contributed by atoms with Crippen molar-refractivity contribution in [2.45, 2.75) is 6.04 Å². The lowest BCUT2D eigenvalue weighted by atomic mass is 10.2. The van der Waals surface area contributed by atoms with Gasteiger partial charge in [0.2, 0.25) is 10.0 Å². The SMILES string of the molecule is CN(C)S(=O)(=O)CCNC(=O)N1CCOCC1C(=O)O. The molecule has 0 saturated carbocycles. The highest BCUT2D eigenvalue weighted by atomic mass is 32.2. The van der Waals surface area contributed by atoms with E-state index >= 15 is 0 Å². The van der Waals surface area contributed by atoms with E-state index in [2.05, 4.69) is 5.32 Å². The minimum Gasteiger partial charge on any atom is -0.480 e. The van der Waals surface area contributed by atoms with Crippen LogP contribution in [0, 0.1) is 0 Å². The van der Waals surface area contributed by atoms with Gasteiger partial charge in [0.15, 0.2) is 6.04 Å². The fourth-order valence-corrected chi connectivity index (χ4v) is 2.35. The molecule has 1 unspecified atom stereocenters. The Hall–Kier alpha value is -1.39. The monoisotopic (exact) mass is 309 g/mol. The lowest BCUT2D eigenvalue weighted by Crippen LogP contribution is -2.56. The van der Waals surface area contributed by atoms with E-state index in [1.165, 1.54) is 14.1 Å². The summed E-state index contributed by atoms with van der Waals surface area (Å²) in [5, 5.41) is 11.4. The molecule has 0 spiro atoms. The molecule has 0 bridgehead atoms. The van der Waals surface area contributed by atoms with Crippen molar-refractivity contribution in [3.63, 3.8) is 0 Å². The number of hydrogen-bond acceptors (Lipinski definition) is 5. The molecular formula is C10H19N3O6S. The number of carbonyl (C=O) groups is 2. The van der Waals surface area contributed by atoms with E-state index < -0.39 is 28.1 Å². The van der Waals surface area contributed by atoms with Crippen LogP contribution in [0.5, 0.6) is 0 Å². The zero-order chi connectivity index (χ0) is 15.3. The van der Waals surface area contributed by atoms with Crippen molar-refractivity contribution in [3.05, 3.63) is 0 Å². The molecule has 2 N–H and O–H groups in total. The Morgan fingerprint density at radius 2 is 2.10 bits per heavy atom. The summed E-state index contributed by atoms with van der Waals surface area (Å²) in [5.74, 6) is -1.39. The van der Waals surface area contributed by atoms with Crippen LogP contribution in [-0.2, 0) is 19.6 Å². The zero-order valence-electron chi connectivity index (χ0n) is 11.4. The summed E-state index contributed by atoms with van der Waals surface area (Å²) < 4.78 is 29.1. The summed E-state index contributed by atoms with van der Waals surface area (Å²) in [4.78, 5) is 24.0. The van der Waals surface area contributed by atoms with Gasteiger partial charge in [-0.05, 0) is 0 Å². The van der Waals surface area contributed by atoms with Crippen LogP contribution < -0.4 is 5.32 Å². The largest absolute Gasteiger partial charge is 0.480 e. The van der Waals surface area contributed by atoms with Crippen LogP contribution in [0.1, 0.15) is 0 Å². The summed E-state index contributed by atoms with van der Waals surface area (Å²) >= 11 is 0. The molecule has 10 heteroatoms. The maximum Gasteiger partial charge on any atom is 0.328 e. The van der Waals surface area contributed by atoms with Gasteiger partial charge in [0.05, 0.1) is 19.0 Å². The van der Waals surface area contributed by atoms with Gasteiger partial charge in [-0.1, -0.05) is 0 Å². The molecule has 2 amide bonds. The molecule has 0 radical (unpaired) electrons. The van der Waals surface area contributed by atoms with Crippen LogP contribution in [0.3, 0.4) is 0 Å². The topological polar surface area (TPSA) is 116 Å². The van der Waals surface area contributed by atoms with Crippen LogP contribution in [0.15, 0.2) is 0 Å². The Labute approximate surface area is 117 Å². The smallest absolute Gasteiger partial charge is 0.328 e. The normalized spacial score (nSPS) is 19.9. The average Bonchev–Trinajstić information content (AvgIpc) is 2.38. The fraction of sp³-hybridized carbons (Fsp3) is 0.800. The van der Waals surface area contributed by atoms with Crippen molar-refractivity contribution in [3.8, 4) is 0 Å². The maximum absolute atomic E-state index is 11.9. The number of urea groups is 1. The molecule has 0 aromatic rings.